The van der Waals surface area contributed by atoms with Gasteiger partial charge in [0.05, 0.1) is 12.8 Å². The molecule has 3 aliphatic heterocycles. The highest BCUT2D eigenvalue weighted by atomic mass is 31.2. The molecule has 0 unspecified atom stereocenters. The van der Waals surface area contributed by atoms with E-state index in [0.717, 1.165) is 10.6 Å². The van der Waals surface area contributed by atoms with Gasteiger partial charge in [0, 0.05) is 10.6 Å². The summed E-state index contributed by atoms with van der Waals surface area (Å²) in [6.07, 6.45) is -1.68. The smallest absolute Gasteiger partial charge is 0.190 e. The lowest BCUT2D eigenvalue weighted by Gasteiger charge is -2.35. The lowest BCUT2D eigenvalue weighted by Crippen LogP contribution is -2.48. The first kappa shape index (κ1) is 19.4. The highest BCUT2D eigenvalue weighted by Gasteiger charge is 2.57. The highest BCUT2D eigenvalue weighted by Crippen LogP contribution is 2.47. The topological polar surface area (TPSA) is 63.2 Å². The van der Waals surface area contributed by atoms with E-state index in [1.54, 1.807) is 0 Å². The number of ether oxygens (including phenoxy) is 5. The summed E-state index contributed by atoms with van der Waals surface area (Å²) in [6.45, 7) is 4.08. The van der Waals surface area contributed by atoms with Crippen LogP contribution in [-0.4, -0.2) is 49.4 Å². The molecule has 3 aliphatic rings. The Balaban J connectivity index is 1.40. The second-order valence-corrected chi connectivity index (χ2v) is 11.0. The van der Waals surface area contributed by atoms with Crippen LogP contribution in [0.25, 0.3) is 0 Å². The van der Waals surface area contributed by atoms with E-state index in [-0.39, 0.29) is 24.5 Å². The van der Waals surface area contributed by atoms with Crippen molar-refractivity contribution in [3.63, 3.8) is 0 Å². The molecule has 6 nitrogen and oxygen atoms in total. The van der Waals surface area contributed by atoms with E-state index >= 15 is 0 Å². The largest absolute Gasteiger partial charge is 0.349 e. The van der Waals surface area contributed by atoms with E-state index in [9.17, 15) is 4.57 Å². The van der Waals surface area contributed by atoms with Gasteiger partial charge >= 0.3 is 0 Å². The molecule has 7 heteroatoms. The second kappa shape index (κ2) is 7.31. The van der Waals surface area contributed by atoms with Crippen molar-refractivity contribution < 1.29 is 28.2 Å². The molecule has 2 aromatic carbocycles. The van der Waals surface area contributed by atoms with Crippen LogP contribution in [0.2, 0.25) is 0 Å². The molecule has 2 aromatic rings. The van der Waals surface area contributed by atoms with Gasteiger partial charge in [-0.3, -0.25) is 0 Å². The molecule has 3 saturated heterocycles. The number of hydrogen-bond donors (Lipinski definition) is 0. The average Bonchev–Trinajstić information content (AvgIpc) is 3.21. The lowest BCUT2D eigenvalue weighted by molar-refractivity contribution is -0.276. The number of benzene rings is 2. The Morgan fingerprint density at radius 2 is 1.52 bits per heavy atom. The van der Waals surface area contributed by atoms with Gasteiger partial charge in [-0.15, -0.1) is 0 Å². The Bertz CT molecular complexity index is 859. The van der Waals surface area contributed by atoms with E-state index in [1.807, 2.05) is 74.5 Å². The quantitative estimate of drug-likeness (QED) is 0.714. The highest BCUT2D eigenvalue weighted by molar-refractivity contribution is 7.78. The third-order valence-corrected chi connectivity index (χ3v) is 8.67. The summed E-state index contributed by atoms with van der Waals surface area (Å²) in [5.41, 5.74) is 0. The normalized spacial score (nSPS) is 33.2. The van der Waals surface area contributed by atoms with Crippen LogP contribution in [0.15, 0.2) is 60.7 Å². The third kappa shape index (κ3) is 3.59. The summed E-state index contributed by atoms with van der Waals surface area (Å²) in [7, 11) is -2.95. The molecule has 0 saturated carbocycles. The Kier molecular flexibility index (Phi) is 4.90. The van der Waals surface area contributed by atoms with E-state index in [4.69, 9.17) is 23.7 Å². The van der Waals surface area contributed by atoms with Crippen molar-refractivity contribution in [2.75, 3.05) is 12.8 Å². The van der Waals surface area contributed by atoms with Crippen LogP contribution in [0.4, 0.5) is 0 Å². The van der Waals surface area contributed by atoms with Crippen molar-refractivity contribution in [3.8, 4) is 0 Å². The van der Waals surface area contributed by atoms with Gasteiger partial charge in [-0.1, -0.05) is 60.7 Å². The molecule has 154 valence electrons. The Labute approximate surface area is 170 Å². The van der Waals surface area contributed by atoms with Gasteiger partial charge in [0.1, 0.15) is 25.5 Å². The molecule has 5 rings (SSSR count). The molecule has 29 heavy (non-hydrogen) atoms. The maximum Gasteiger partial charge on any atom is 0.190 e. The van der Waals surface area contributed by atoms with Gasteiger partial charge in [0.25, 0.3) is 0 Å². The zero-order valence-corrected chi connectivity index (χ0v) is 17.4. The third-order valence-electron chi connectivity index (χ3n) is 5.60. The van der Waals surface area contributed by atoms with Crippen molar-refractivity contribution in [1.82, 2.24) is 0 Å². The van der Waals surface area contributed by atoms with Crippen LogP contribution < -0.4 is 10.6 Å². The first-order chi connectivity index (χ1) is 13.9. The Morgan fingerprint density at radius 3 is 2.14 bits per heavy atom. The minimum Gasteiger partial charge on any atom is -0.349 e. The van der Waals surface area contributed by atoms with Crippen LogP contribution in [-0.2, 0) is 28.2 Å². The minimum atomic E-state index is -2.95. The van der Waals surface area contributed by atoms with Crippen molar-refractivity contribution in [2.45, 2.75) is 50.5 Å². The molecule has 0 aromatic heterocycles. The fourth-order valence-corrected chi connectivity index (χ4v) is 6.90. The number of rotatable bonds is 4. The first-order valence-corrected chi connectivity index (χ1v) is 11.8. The molecular weight excluding hydrogens is 391 g/mol. The van der Waals surface area contributed by atoms with Crippen LogP contribution in [0.1, 0.15) is 13.8 Å². The number of hydrogen-bond acceptors (Lipinski definition) is 6. The Hall–Kier alpha value is -1.53. The molecule has 5 atom stereocenters. The SMILES string of the molecule is CC1(C)O[C@H]2O[C@@H]3CO[C@@H](CP(=O)(c4ccccc4)c4ccccc4)O[C@@H]3[C@H]2O1. The number of fused-ring (bicyclic) bond motifs is 3. The monoisotopic (exact) mass is 416 g/mol. The molecular formula is C22H25O6P. The molecule has 3 fully saturated rings. The van der Waals surface area contributed by atoms with Crippen LogP contribution >= 0.6 is 7.14 Å². The summed E-state index contributed by atoms with van der Waals surface area (Å²) in [4.78, 5) is 0. The maximum atomic E-state index is 14.3. The van der Waals surface area contributed by atoms with E-state index in [2.05, 4.69) is 0 Å². The van der Waals surface area contributed by atoms with Gasteiger partial charge in [0.2, 0.25) is 0 Å². The molecule has 0 bridgehead atoms. The predicted molar refractivity (Wildman–Crippen MR) is 108 cm³/mol. The average molecular weight is 416 g/mol. The van der Waals surface area contributed by atoms with Gasteiger partial charge in [-0.05, 0) is 13.8 Å². The summed E-state index contributed by atoms with van der Waals surface area (Å²) in [6, 6.07) is 19.1. The lowest BCUT2D eigenvalue weighted by atomic mass is 10.1. The molecule has 0 amide bonds. The fraction of sp³-hybridized carbons (Fsp3) is 0.455. The summed E-state index contributed by atoms with van der Waals surface area (Å²) >= 11 is 0. The van der Waals surface area contributed by atoms with Gasteiger partial charge < -0.3 is 28.2 Å². The molecule has 0 N–H and O–H groups in total. The van der Waals surface area contributed by atoms with Crippen LogP contribution in [0.5, 0.6) is 0 Å². The zero-order chi connectivity index (χ0) is 20.1. The molecule has 0 aliphatic carbocycles. The maximum absolute atomic E-state index is 14.3. The van der Waals surface area contributed by atoms with Crippen molar-refractivity contribution in [1.29, 1.82) is 0 Å². The summed E-state index contributed by atoms with van der Waals surface area (Å²) in [5.74, 6) is -0.708. The summed E-state index contributed by atoms with van der Waals surface area (Å²) in [5, 5.41) is 1.59. The van der Waals surface area contributed by atoms with E-state index in [1.165, 1.54) is 0 Å². The first-order valence-electron chi connectivity index (χ1n) is 9.93. The van der Waals surface area contributed by atoms with Gasteiger partial charge in [-0.25, -0.2) is 0 Å². The van der Waals surface area contributed by atoms with Crippen molar-refractivity contribution >= 4 is 17.8 Å². The Morgan fingerprint density at radius 1 is 0.897 bits per heavy atom. The van der Waals surface area contributed by atoms with Crippen molar-refractivity contribution in [3.05, 3.63) is 60.7 Å². The zero-order valence-electron chi connectivity index (χ0n) is 16.5. The fourth-order valence-electron chi connectivity index (χ4n) is 4.27. The van der Waals surface area contributed by atoms with Crippen LogP contribution in [0, 0.1) is 0 Å². The molecule has 3 heterocycles. The van der Waals surface area contributed by atoms with E-state index < -0.39 is 25.5 Å². The van der Waals surface area contributed by atoms with Crippen LogP contribution in [0.3, 0.4) is 0 Å². The second-order valence-electron chi connectivity index (χ2n) is 8.10. The minimum absolute atomic E-state index is 0.245. The molecule has 0 spiro atoms. The van der Waals surface area contributed by atoms with Gasteiger partial charge in [0.15, 0.2) is 18.4 Å². The van der Waals surface area contributed by atoms with Gasteiger partial charge in [-0.2, -0.15) is 0 Å². The predicted octanol–water partition coefficient (Wildman–Crippen LogP) is 2.62. The van der Waals surface area contributed by atoms with Crippen molar-refractivity contribution in [2.24, 2.45) is 0 Å². The summed E-state index contributed by atoms with van der Waals surface area (Å²) < 4.78 is 44.1. The standard InChI is InChI=1S/C22H25O6P/c1-22(2)27-20-19-17(25-21(20)28-22)13-24-18(26-19)14-29(23,15-9-5-3-6-10-15)16-11-7-4-8-12-16/h3-12,17-21H,13-14H2,1-2H3/t17-,18-,19+,20-,21-/m1/s1. The molecule has 0 radical (unpaired) electrons. The van der Waals surface area contributed by atoms with E-state index in [0.29, 0.717) is 6.61 Å².